The fourth-order valence-electron chi connectivity index (χ4n) is 1.56. The quantitative estimate of drug-likeness (QED) is 0.784. The second kappa shape index (κ2) is 4.64. The summed E-state index contributed by atoms with van der Waals surface area (Å²) in [5.41, 5.74) is 6.79. The number of hydrogen-bond donors (Lipinski definition) is 2. The molecule has 0 saturated heterocycles. The summed E-state index contributed by atoms with van der Waals surface area (Å²) in [6.45, 7) is 3.99. The Labute approximate surface area is 90.9 Å². The number of benzene rings is 1. The Morgan fingerprint density at radius 2 is 2.13 bits per heavy atom. The third kappa shape index (κ3) is 3.22. The number of ether oxygens (including phenoxy) is 1. The van der Waals surface area contributed by atoms with Crippen molar-refractivity contribution in [3.63, 3.8) is 0 Å². The second-order valence-electron chi connectivity index (χ2n) is 4.18. The molecule has 0 aliphatic carbocycles. The van der Waals surface area contributed by atoms with E-state index in [2.05, 4.69) is 0 Å². The predicted octanol–water partition coefficient (Wildman–Crippen LogP) is 1.26. The van der Waals surface area contributed by atoms with Gasteiger partial charge in [-0.25, -0.2) is 0 Å². The third-order valence-electron chi connectivity index (χ3n) is 2.48. The molecule has 1 rings (SSSR count). The largest absolute Gasteiger partial charge is 0.496 e. The van der Waals surface area contributed by atoms with Crippen LogP contribution >= 0.6 is 0 Å². The Morgan fingerprint density at radius 1 is 1.47 bits per heavy atom. The van der Waals surface area contributed by atoms with E-state index >= 15 is 0 Å². The van der Waals surface area contributed by atoms with Crippen molar-refractivity contribution in [3.8, 4) is 5.75 Å². The average molecular weight is 209 g/mol. The number of rotatable bonds is 4. The van der Waals surface area contributed by atoms with Crippen molar-refractivity contribution in [2.45, 2.75) is 25.9 Å². The molecule has 1 unspecified atom stereocenters. The lowest BCUT2D eigenvalue weighted by atomic mass is 9.95. The highest BCUT2D eigenvalue weighted by molar-refractivity contribution is 5.36. The Hall–Kier alpha value is -1.06. The topological polar surface area (TPSA) is 55.5 Å². The van der Waals surface area contributed by atoms with Crippen molar-refractivity contribution in [2.24, 2.45) is 5.73 Å². The van der Waals surface area contributed by atoms with Crippen LogP contribution in [0.25, 0.3) is 0 Å². The van der Waals surface area contributed by atoms with Gasteiger partial charge in [-0.3, -0.25) is 0 Å². The zero-order valence-electron chi connectivity index (χ0n) is 9.58. The van der Waals surface area contributed by atoms with Crippen LogP contribution < -0.4 is 10.5 Å². The molecule has 3 heteroatoms. The molecule has 0 aliphatic heterocycles. The lowest BCUT2D eigenvalue weighted by Gasteiger charge is -2.21. The third-order valence-corrected chi connectivity index (χ3v) is 2.48. The van der Waals surface area contributed by atoms with Crippen molar-refractivity contribution in [1.29, 1.82) is 0 Å². The molecule has 0 radical (unpaired) electrons. The predicted molar refractivity (Wildman–Crippen MR) is 61.1 cm³/mol. The van der Waals surface area contributed by atoms with Gasteiger partial charge in [0.05, 0.1) is 12.7 Å². The minimum Gasteiger partial charge on any atom is -0.496 e. The molecule has 0 bridgehead atoms. The lowest BCUT2D eigenvalue weighted by molar-refractivity contribution is 0.0696. The number of methoxy groups -OCH3 is 1. The first-order valence-electron chi connectivity index (χ1n) is 5.04. The highest BCUT2D eigenvalue weighted by atomic mass is 16.5. The Balaban J connectivity index is 2.84. The van der Waals surface area contributed by atoms with E-state index < -0.39 is 5.60 Å². The van der Waals surface area contributed by atoms with Gasteiger partial charge < -0.3 is 15.6 Å². The number of nitrogens with two attached hydrogens (primary N) is 1. The van der Waals surface area contributed by atoms with Gasteiger partial charge in [0.25, 0.3) is 0 Å². The molecule has 0 spiro atoms. The monoisotopic (exact) mass is 209 g/mol. The summed E-state index contributed by atoms with van der Waals surface area (Å²) in [4.78, 5) is 0. The molecule has 3 nitrogen and oxygen atoms in total. The summed E-state index contributed by atoms with van der Waals surface area (Å²) in [6, 6.07) is 5.89. The first-order chi connectivity index (χ1) is 6.98. The van der Waals surface area contributed by atoms with E-state index in [1.54, 1.807) is 14.0 Å². The molecule has 0 amide bonds. The molecule has 0 aliphatic rings. The fraction of sp³-hybridized carbons (Fsp3) is 0.500. The normalized spacial score (nSPS) is 14.7. The number of aliphatic hydroxyl groups is 1. The number of aryl methyl sites for hydroxylation is 1. The molecule has 15 heavy (non-hydrogen) atoms. The van der Waals surface area contributed by atoms with Crippen molar-refractivity contribution >= 4 is 0 Å². The fourth-order valence-corrected chi connectivity index (χ4v) is 1.56. The van der Waals surface area contributed by atoms with Gasteiger partial charge in [-0.1, -0.05) is 12.1 Å². The summed E-state index contributed by atoms with van der Waals surface area (Å²) >= 11 is 0. The van der Waals surface area contributed by atoms with E-state index in [1.165, 1.54) is 0 Å². The van der Waals surface area contributed by atoms with Crippen molar-refractivity contribution in [2.75, 3.05) is 13.7 Å². The van der Waals surface area contributed by atoms with Crippen molar-refractivity contribution in [1.82, 2.24) is 0 Å². The van der Waals surface area contributed by atoms with Crippen LogP contribution in [0.5, 0.6) is 5.75 Å². The van der Waals surface area contributed by atoms with E-state index in [4.69, 9.17) is 10.5 Å². The van der Waals surface area contributed by atoms with Crippen molar-refractivity contribution < 1.29 is 9.84 Å². The minimum atomic E-state index is -0.832. The Morgan fingerprint density at radius 3 is 2.60 bits per heavy atom. The highest BCUT2D eigenvalue weighted by Crippen LogP contribution is 2.21. The summed E-state index contributed by atoms with van der Waals surface area (Å²) in [6.07, 6.45) is 0.564. The van der Waals surface area contributed by atoms with E-state index in [0.717, 1.165) is 16.9 Å². The van der Waals surface area contributed by atoms with Gasteiger partial charge in [-0.15, -0.1) is 0 Å². The van der Waals surface area contributed by atoms with E-state index in [1.807, 2.05) is 25.1 Å². The first-order valence-corrected chi connectivity index (χ1v) is 5.04. The van der Waals surface area contributed by atoms with Crippen LogP contribution in [0.2, 0.25) is 0 Å². The SMILES string of the molecule is COc1ccc(CC(C)(O)CN)cc1C. The van der Waals surface area contributed by atoms with E-state index in [9.17, 15) is 5.11 Å². The van der Waals surface area contributed by atoms with Crippen LogP contribution in [0.1, 0.15) is 18.1 Å². The van der Waals surface area contributed by atoms with Gasteiger partial charge in [0.2, 0.25) is 0 Å². The molecule has 0 fully saturated rings. The summed E-state index contributed by atoms with van der Waals surface area (Å²) in [7, 11) is 1.65. The molecule has 1 aromatic carbocycles. The molecule has 3 N–H and O–H groups in total. The summed E-state index contributed by atoms with van der Waals surface area (Å²) in [5.74, 6) is 0.867. The molecule has 1 aromatic rings. The number of hydrogen-bond acceptors (Lipinski definition) is 3. The van der Waals surface area contributed by atoms with Gasteiger partial charge in [-0.05, 0) is 31.0 Å². The molecule has 0 heterocycles. The summed E-state index contributed by atoms with van der Waals surface area (Å²) in [5, 5.41) is 9.84. The first kappa shape index (κ1) is 12.0. The average Bonchev–Trinajstić information content (AvgIpc) is 2.17. The standard InChI is InChI=1S/C12H19NO2/c1-9-6-10(4-5-11(9)15-3)7-12(2,14)8-13/h4-6,14H,7-8,13H2,1-3H3. The van der Waals surface area contributed by atoms with Gasteiger partial charge in [-0.2, -0.15) is 0 Å². The van der Waals surface area contributed by atoms with Crippen LogP contribution in [-0.4, -0.2) is 24.4 Å². The van der Waals surface area contributed by atoms with Gasteiger partial charge in [0, 0.05) is 13.0 Å². The molecular weight excluding hydrogens is 190 g/mol. The zero-order chi connectivity index (χ0) is 11.5. The molecule has 84 valence electrons. The minimum absolute atomic E-state index is 0.262. The molecule has 0 aromatic heterocycles. The lowest BCUT2D eigenvalue weighted by Crippen LogP contribution is -2.36. The van der Waals surface area contributed by atoms with Crippen LogP contribution in [0, 0.1) is 6.92 Å². The van der Waals surface area contributed by atoms with Gasteiger partial charge >= 0.3 is 0 Å². The smallest absolute Gasteiger partial charge is 0.121 e. The van der Waals surface area contributed by atoms with E-state index in [-0.39, 0.29) is 6.54 Å². The van der Waals surface area contributed by atoms with Crippen LogP contribution in [0.3, 0.4) is 0 Å². The maximum Gasteiger partial charge on any atom is 0.121 e. The van der Waals surface area contributed by atoms with Crippen LogP contribution in [0.4, 0.5) is 0 Å². The maximum absolute atomic E-state index is 9.84. The van der Waals surface area contributed by atoms with Crippen molar-refractivity contribution in [3.05, 3.63) is 29.3 Å². The molecule has 0 saturated carbocycles. The Kier molecular flexibility index (Phi) is 3.72. The van der Waals surface area contributed by atoms with E-state index in [0.29, 0.717) is 6.42 Å². The Bertz CT molecular complexity index is 334. The zero-order valence-corrected chi connectivity index (χ0v) is 9.58. The molecular formula is C12H19NO2. The van der Waals surface area contributed by atoms with Crippen LogP contribution in [0.15, 0.2) is 18.2 Å². The highest BCUT2D eigenvalue weighted by Gasteiger charge is 2.18. The molecule has 1 atom stereocenters. The second-order valence-corrected chi connectivity index (χ2v) is 4.18. The summed E-state index contributed by atoms with van der Waals surface area (Å²) < 4.78 is 5.17. The van der Waals surface area contributed by atoms with Gasteiger partial charge in [0.1, 0.15) is 5.75 Å². The van der Waals surface area contributed by atoms with Crippen LogP contribution in [-0.2, 0) is 6.42 Å². The van der Waals surface area contributed by atoms with Gasteiger partial charge in [0.15, 0.2) is 0 Å². The maximum atomic E-state index is 9.84.